The van der Waals surface area contributed by atoms with E-state index in [1.807, 2.05) is 0 Å². The molecule has 0 bridgehead atoms. The predicted octanol–water partition coefficient (Wildman–Crippen LogP) is 2.40. The maximum Gasteiger partial charge on any atom is 0.291 e. The largest absolute Gasteiger partial charge is 0.484 e. The zero-order valence-corrected chi connectivity index (χ0v) is 13.1. The van der Waals surface area contributed by atoms with E-state index in [-0.39, 0.29) is 24.2 Å². The van der Waals surface area contributed by atoms with Crippen molar-refractivity contribution in [3.8, 4) is 5.75 Å². The molecule has 0 atom stereocenters. The summed E-state index contributed by atoms with van der Waals surface area (Å²) in [5, 5.41) is 13.0. The fourth-order valence-corrected chi connectivity index (χ4v) is 2.26. The number of hydrogen-bond donors (Lipinski definition) is 2. The third-order valence-electron chi connectivity index (χ3n) is 2.81. The van der Waals surface area contributed by atoms with Crippen LogP contribution in [0.2, 0.25) is 0 Å². The molecule has 0 aliphatic rings. The zero-order chi connectivity index (χ0) is 16.8. The van der Waals surface area contributed by atoms with Crippen molar-refractivity contribution in [1.29, 1.82) is 0 Å². The van der Waals surface area contributed by atoms with Gasteiger partial charge in [0.05, 0.1) is 6.26 Å². The minimum Gasteiger partial charge on any atom is -0.484 e. The fourth-order valence-electron chi connectivity index (χ4n) is 1.80. The number of carbonyl (C=O) groups is 2. The second-order valence-corrected chi connectivity index (χ2v) is 5.37. The Morgan fingerprint density at radius 3 is 2.88 bits per heavy atom. The lowest BCUT2D eigenvalue weighted by Crippen LogP contribution is -2.20. The average molecular weight is 344 g/mol. The minimum absolute atomic E-state index is 0.185. The minimum atomic E-state index is -0.369. The van der Waals surface area contributed by atoms with Crippen molar-refractivity contribution < 1.29 is 18.7 Å². The third-order valence-corrected chi connectivity index (χ3v) is 3.42. The number of aromatic nitrogens is 2. The molecule has 9 heteroatoms. The molecular weight excluding hydrogens is 332 g/mol. The first kappa shape index (κ1) is 15.7. The second-order valence-electron chi connectivity index (χ2n) is 4.54. The van der Waals surface area contributed by atoms with E-state index in [1.54, 1.807) is 36.4 Å². The van der Waals surface area contributed by atoms with Gasteiger partial charge in [-0.1, -0.05) is 17.4 Å². The second kappa shape index (κ2) is 7.38. The van der Waals surface area contributed by atoms with Gasteiger partial charge in [0.25, 0.3) is 11.8 Å². The Bertz CT molecular complexity index is 818. The van der Waals surface area contributed by atoms with Crippen molar-refractivity contribution in [2.75, 3.05) is 17.2 Å². The average Bonchev–Trinajstić information content (AvgIpc) is 3.27. The summed E-state index contributed by atoms with van der Waals surface area (Å²) < 4.78 is 10.4. The van der Waals surface area contributed by atoms with Gasteiger partial charge in [-0.2, -0.15) is 0 Å². The van der Waals surface area contributed by atoms with Crippen molar-refractivity contribution in [1.82, 2.24) is 10.2 Å². The summed E-state index contributed by atoms with van der Waals surface area (Å²) in [7, 11) is 0. The summed E-state index contributed by atoms with van der Waals surface area (Å²) in [5.74, 6) is -0.0691. The van der Waals surface area contributed by atoms with Crippen LogP contribution in [0.1, 0.15) is 10.6 Å². The van der Waals surface area contributed by atoms with Crippen LogP contribution >= 0.6 is 11.3 Å². The van der Waals surface area contributed by atoms with Crippen LogP contribution in [-0.2, 0) is 4.79 Å². The Labute approximate surface area is 140 Å². The van der Waals surface area contributed by atoms with Gasteiger partial charge in [0.15, 0.2) is 12.4 Å². The topological polar surface area (TPSA) is 106 Å². The lowest BCUT2D eigenvalue weighted by molar-refractivity contribution is -0.118. The van der Waals surface area contributed by atoms with E-state index in [0.717, 1.165) is 0 Å². The standard InChI is InChI=1S/C15H12N4O4S/c20-13(18-15-19-16-9-24-15)8-23-11-4-1-3-10(7-11)17-14(21)12-5-2-6-22-12/h1-7,9H,8H2,(H,17,21)(H,18,19,20). The normalized spacial score (nSPS) is 10.2. The summed E-state index contributed by atoms with van der Waals surface area (Å²) >= 11 is 1.21. The van der Waals surface area contributed by atoms with E-state index in [4.69, 9.17) is 9.15 Å². The number of furan rings is 1. The first-order chi connectivity index (χ1) is 11.7. The third kappa shape index (κ3) is 4.17. The van der Waals surface area contributed by atoms with Gasteiger partial charge in [-0.15, -0.1) is 10.2 Å². The fraction of sp³-hybridized carbons (Fsp3) is 0.0667. The highest BCUT2D eigenvalue weighted by Gasteiger charge is 2.10. The number of nitrogens with zero attached hydrogens (tertiary/aromatic N) is 2. The Morgan fingerprint density at radius 1 is 1.21 bits per heavy atom. The van der Waals surface area contributed by atoms with E-state index >= 15 is 0 Å². The quantitative estimate of drug-likeness (QED) is 0.711. The summed E-state index contributed by atoms with van der Waals surface area (Å²) in [4.78, 5) is 23.6. The van der Waals surface area contributed by atoms with Crippen LogP contribution in [0, 0.1) is 0 Å². The lowest BCUT2D eigenvalue weighted by Gasteiger charge is -2.08. The van der Waals surface area contributed by atoms with Gasteiger partial charge in [-0.05, 0) is 24.3 Å². The Hall–Kier alpha value is -3.20. The summed E-state index contributed by atoms with van der Waals surface area (Å²) in [5.41, 5.74) is 2.04. The van der Waals surface area contributed by atoms with Crippen LogP contribution in [0.5, 0.6) is 5.75 Å². The van der Waals surface area contributed by atoms with Crippen LogP contribution < -0.4 is 15.4 Å². The molecule has 0 aliphatic carbocycles. The van der Waals surface area contributed by atoms with Gasteiger partial charge in [-0.3, -0.25) is 14.9 Å². The van der Waals surface area contributed by atoms with Gasteiger partial charge in [0.1, 0.15) is 11.3 Å². The molecule has 2 aromatic heterocycles. The highest BCUT2D eigenvalue weighted by Crippen LogP contribution is 2.18. The first-order valence-corrected chi connectivity index (χ1v) is 7.72. The molecule has 2 N–H and O–H groups in total. The van der Waals surface area contributed by atoms with Crippen LogP contribution in [0.3, 0.4) is 0 Å². The van der Waals surface area contributed by atoms with E-state index in [9.17, 15) is 9.59 Å². The molecule has 3 aromatic rings. The van der Waals surface area contributed by atoms with E-state index in [1.165, 1.54) is 23.1 Å². The highest BCUT2D eigenvalue weighted by molar-refractivity contribution is 7.13. The van der Waals surface area contributed by atoms with E-state index in [2.05, 4.69) is 20.8 Å². The predicted molar refractivity (Wildman–Crippen MR) is 87.1 cm³/mol. The SMILES string of the molecule is O=C(COc1cccc(NC(=O)c2ccco2)c1)Nc1nncs1. The first-order valence-electron chi connectivity index (χ1n) is 6.84. The molecule has 122 valence electrons. The number of nitrogens with one attached hydrogen (secondary N) is 2. The van der Waals surface area contributed by atoms with Gasteiger partial charge < -0.3 is 14.5 Å². The number of amides is 2. The molecule has 8 nitrogen and oxygen atoms in total. The van der Waals surface area contributed by atoms with Crippen LogP contribution in [-0.4, -0.2) is 28.6 Å². The molecule has 24 heavy (non-hydrogen) atoms. The van der Waals surface area contributed by atoms with Crippen molar-refractivity contribution in [3.63, 3.8) is 0 Å². The molecule has 2 amide bonds. The molecule has 0 aliphatic heterocycles. The number of rotatable bonds is 6. The molecule has 3 rings (SSSR count). The van der Waals surface area contributed by atoms with Gasteiger partial charge in [0, 0.05) is 11.8 Å². The summed E-state index contributed by atoms with van der Waals surface area (Å²) in [6, 6.07) is 9.89. The molecule has 0 unspecified atom stereocenters. The molecule has 0 fully saturated rings. The molecule has 2 heterocycles. The number of hydrogen-bond acceptors (Lipinski definition) is 7. The molecule has 1 aromatic carbocycles. The van der Waals surface area contributed by atoms with Gasteiger partial charge in [0.2, 0.25) is 5.13 Å². The molecule has 0 radical (unpaired) electrons. The Kier molecular flexibility index (Phi) is 4.82. The van der Waals surface area contributed by atoms with Gasteiger partial charge in [-0.25, -0.2) is 0 Å². The van der Waals surface area contributed by atoms with Crippen molar-refractivity contribution >= 4 is 34.0 Å². The lowest BCUT2D eigenvalue weighted by atomic mass is 10.3. The number of carbonyl (C=O) groups excluding carboxylic acids is 2. The van der Waals surface area contributed by atoms with Crippen LogP contribution in [0.15, 0.2) is 52.6 Å². The highest BCUT2D eigenvalue weighted by atomic mass is 32.1. The van der Waals surface area contributed by atoms with Crippen molar-refractivity contribution in [3.05, 3.63) is 53.9 Å². The smallest absolute Gasteiger partial charge is 0.291 e. The van der Waals surface area contributed by atoms with Crippen molar-refractivity contribution in [2.45, 2.75) is 0 Å². The number of ether oxygens (including phenoxy) is 1. The Morgan fingerprint density at radius 2 is 2.12 bits per heavy atom. The maximum absolute atomic E-state index is 11.9. The van der Waals surface area contributed by atoms with Crippen molar-refractivity contribution in [2.24, 2.45) is 0 Å². The van der Waals surface area contributed by atoms with E-state index < -0.39 is 0 Å². The maximum atomic E-state index is 11.9. The number of benzene rings is 1. The molecule has 0 saturated carbocycles. The monoisotopic (exact) mass is 344 g/mol. The zero-order valence-electron chi connectivity index (χ0n) is 12.3. The summed E-state index contributed by atoms with van der Waals surface area (Å²) in [6.07, 6.45) is 1.42. The number of anilines is 2. The van der Waals surface area contributed by atoms with Crippen LogP contribution in [0.4, 0.5) is 10.8 Å². The molecular formula is C15H12N4O4S. The van der Waals surface area contributed by atoms with E-state index in [0.29, 0.717) is 16.6 Å². The molecule has 0 saturated heterocycles. The van der Waals surface area contributed by atoms with Gasteiger partial charge >= 0.3 is 0 Å². The molecule has 0 spiro atoms. The van der Waals surface area contributed by atoms with Crippen LogP contribution in [0.25, 0.3) is 0 Å². The Balaban J connectivity index is 1.55. The summed E-state index contributed by atoms with van der Waals surface area (Å²) in [6.45, 7) is -0.185.